The van der Waals surface area contributed by atoms with Crippen LogP contribution in [-0.2, 0) is 5.67 Å². The molecule has 3 rings (SSSR count). The van der Waals surface area contributed by atoms with Crippen LogP contribution < -0.4 is 10.1 Å². The van der Waals surface area contributed by atoms with Gasteiger partial charge in [-0.05, 0) is 48.9 Å². The maximum atomic E-state index is 15.3. The fourth-order valence-corrected chi connectivity index (χ4v) is 3.80. The molecule has 2 heterocycles. The van der Waals surface area contributed by atoms with Crippen LogP contribution in [0.15, 0.2) is 24.3 Å². The van der Waals surface area contributed by atoms with Crippen molar-refractivity contribution in [2.75, 3.05) is 39.8 Å². The van der Waals surface area contributed by atoms with Crippen molar-refractivity contribution in [3.8, 4) is 5.75 Å². The Morgan fingerprint density at radius 3 is 2.68 bits per heavy atom. The molecular formula is C18H27FN2O. The molecule has 1 aromatic rings. The second-order valence-electron chi connectivity index (χ2n) is 7.21. The highest BCUT2D eigenvalue weighted by molar-refractivity contribution is 5.32. The smallest absolute Gasteiger partial charge is 0.138 e. The molecule has 1 atom stereocenters. The van der Waals surface area contributed by atoms with Gasteiger partial charge in [-0.3, -0.25) is 0 Å². The topological polar surface area (TPSA) is 24.5 Å². The number of piperidine rings is 1. The monoisotopic (exact) mass is 306 g/mol. The lowest BCUT2D eigenvalue weighted by molar-refractivity contribution is 0.0391. The summed E-state index contributed by atoms with van der Waals surface area (Å²) in [7, 11) is 1.63. The summed E-state index contributed by atoms with van der Waals surface area (Å²) >= 11 is 0. The molecule has 2 fully saturated rings. The number of likely N-dealkylation sites (tertiary alicyclic amines) is 1. The van der Waals surface area contributed by atoms with Crippen LogP contribution in [0.1, 0.15) is 31.7 Å². The first kappa shape index (κ1) is 15.8. The van der Waals surface area contributed by atoms with Crippen molar-refractivity contribution in [3.05, 3.63) is 29.8 Å². The predicted molar refractivity (Wildman–Crippen MR) is 87.0 cm³/mol. The molecule has 2 saturated heterocycles. The van der Waals surface area contributed by atoms with E-state index in [1.54, 1.807) is 7.11 Å². The fourth-order valence-electron chi connectivity index (χ4n) is 3.80. The summed E-state index contributed by atoms with van der Waals surface area (Å²) < 4.78 is 20.5. The molecule has 122 valence electrons. The summed E-state index contributed by atoms with van der Waals surface area (Å²) in [5.74, 6) is 0.737. The standard InChI is InChI=1S/C18H27FN2O/c1-17(6-9-20-13-17)14-21-10-7-18(19,8-11-21)15-4-3-5-16(12-15)22-2/h3-5,12,20H,6-11,13-14H2,1-2H3. The van der Waals surface area contributed by atoms with Gasteiger partial charge in [0.1, 0.15) is 11.4 Å². The zero-order valence-corrected chi connectivity index (χ0v) is 13.7. The van der Waals surface area contributed by atoms with E-state index in [4.69, 9.17) is 4.74 Å². The van der Waals surface area contributed by atoms with Gasteiger partial charge in [-0.25, -0.2) is 4.39 Å². The van der Waals surface area contributed by atoms with Gasteiger partial charge in [-0.1, -0.05) is 19.1 Å². The lowest BCUT2D eigenvalue weighted by atomic mass is 9.84. The molecule has 2 aliphatic rings. The number of hydrogen-bond acceptors (Lipinski definition) is 3. The third-order valence-corrected chi connectivity index (χ3v) is 5.30. The Kier molecular flexibility index (Phi) is 4.42. The molecule has 0 amide bonds. The van der Waals surface area contributed by atoms with E-state index in [-0.39, 0.29) is 0 Å². The largest absolute Gasteiger partial charge is 0.497 e. The fraction of sp³-hybridized carbons (Fsp3) is 0.667. The average molecular weight is 306 g/mol. The molecule has 0 saturated carbocycles. The summed E-state index contributed by atoms with van der Waals surface area (Å²) in [6.45, 7) is 7.29. The van der Waals surface area contributed by atoms with Gasteiger partial charge < -0.3 is 15.0 Å². The molecule has 0 aromatic heterocycles. The zero-order valence-electron chi connectivity index (χ0n) is 13.7. The number of halogens is 1. The van der Waals surface area contributed by atoms with E-state index in [1.807, 2.05) is 24.3 Å². The third kappa shape index (κ3) is 3.28. The average Bonchev–Trinajstić information content (AvgIpc) is 2.96. The molecule has 1 unspecified atom stereocenters. The van der Waals surface area contributed by atoms with Gasteiger partial charge in [0.25, 0.3) is 0 Å². The van der Waals surface area contributed by atoms with Crippen LogP contribution in [0.25, 0.3) is 0 Å². The molecule has 1 N–H and O–H groups in total. The number of ether oxygens (including phenoxy) is 1. The predicted octanol–water partition coefficient (Wildman–Crippen LogP) is 2.96. The van der Waals surface area contributed by atoms with Crippen molar-refractivity contribution in [2.45, 2.75) is 31.9 Å². The lowest BCUT2D eigenvalue weighted by Gasteiger charge is -2.40. The van der Waals surface area contributed by atoms with Gasteiger partial charge in [0.2, 0.25) is 0 Å². The van der Waals surface area contributed by atoms with Crippen LogP contribution in [0.4, 0.5) is 4.39 Å². The maximum absolute atomic E-state index is 15.3. The van der Waals surface area contributed by atoms with Crippen molar-refractivity contribution >= 4 is 0 Å². The molecule has 3 nitrogen and oxygen atoms in total. The molecule has 0 bridgehead atoms. The van der Waals surface area contributed by atoms with Gasteiger partial charge in [0.05, 0.1) is 7.11 Å². The van der Waals surface area contributed by atoms with E-state index in [9.17, 15) is 0 Å². The summed E-state index contributed by atoms with van der Waals surface area (Å²) in [6.07, 6.45) is 2.37. The highest BCUT2D eigenvalue weighted by atomic mass is 19.1. The Balaban J connectivity index is 1.62. The molecule has 1 aromatic carbocycles. The van der Waals surface area contributed by atoms with E-state index in [0.29, 0.717) is 18.3 Å². The van der Waals surface area contributed by atoms with Gasteiger partial charge in [-0.2, -0.15) is 0 Å². The van der Waals surface area contributed by atoms with E-state index >= 15 is 4.39 Å². The van der Waals surface area contributed by atoms with Crippen LogP contribution in [0.2, 0.25) is 0 Å². The molecule has 0 spiro atoms. The lowest BCUT2D eigenvalue weighted by Crippen LogP contribution is -2.45. The summed E-state index contributed by atoms with van der Waals surface area (Å²) in [5, 5.41) is 3.44. The second kappa shape index (κ2) is 6.17. The van der Waals surface area contributed by atoms with Gasteiger partial charge >= 0.3 is 0 Å². The maximum Gasteiger partial charge on any atom is 0.138 e. The van der Waals surface area contributed by atoms with E-state index < -0.39 is 5.67 Å². The van der Waals surface area contributed by atoms with Crippen LogP contribution in [0.5, 0.6) is 5.75 Å². The number of nitrogens with zero attached hydrogens (tertiary/aromatic N) is 1. The minimum absolute atomic E-state index is 0.353. The normalized spacial score (nSPS) is 28.7. The van der Waals surface area contributed by atoms with Gasteiger partial charge in [0.15, 0.2) is 0 Å². The van der Waals surface area contributed by atoms with Gasteiger partial charge in [0, 0.05) is 26.2 Å². The van der Waals surface area contributed by atoms with Crippen molar-refractivity contribution in [3.63, 3.8) is 0 Å². The number of benzene rings is 1. The minimum atomic E-state index is -1.21. The first-order valence-electron chi connectivity index (χ1n) is 8.30. The highest BCUT2D eigenvalue weighted by Gasteiger charge is 2.39. The SMILES string of the molecule is COc1cccc(C2(F)CCN(CC3(C)CCNC3)CC2)c1. The minimum Gasteiger partial charge on any atom is -0.497 e. The second-order valence-corrected chi connectivity index (χ2v) is 7.21. The molecule has 0 aliphatic carbocycles. The quantitative estimate of drug-likeness (QED) is 0.925. The van der Waals surface area contributed by atoms with Crippen LogP contribution >= 0.6 is 0 Å². The summed E-state index contributed by atoms with van der Waals surface area (Å²) in [4.78, 5) is 2.44. The van der Waals surface area contributed by atoms with Crippen LogP contribution in [0, 0.1) is 5.41 Å². The number of rotatable bonds is 4. The van der Waals surface area contributed by atoms with E-state index in [1.165, 1.54) is 6.42 Å². The summed E-state index contributed by atoms with van der Waals surface area (Å²) in [5.41, 5.74) is -0.0909. The zero-order chi connectivity index (χ0) is 15.6. The van der Waals surface area contributed by atoms with Crippen LogP contribution in [-0.4, -0.2) is 44.7 Å². The highest BCUT2D eigenvalue weighted by Crippen LogP contribution is 2.39. The number of hydrogen-bond donors (Lipinski definition) is 1. The number of methoxy groups -OCH3 is 1. The molecule has 4 heteroatoms. The Bertz CT molecular complexity index is 506. The van der Waals surface area contributed by atoms with Crippen molar-refractivity contribution in [1.29, 1.82) is 0 Å². The number of nitrogens with one attached hydrogen (secondary N) is 1. The summed E-state index contributed by atoms with van der Waals surface area (Å²) in [6, 6.07) is 7.49. The number of alkyl halides is 1. The van der Waals surface area contributed by atoms with Crippen molar-refractivity contribution in [1.82, 2.24) is 10.2 Å². The molecule has 22 heavy (non-hydrogen) atoms. The third-order valence-electron chi connectivity index (χ3n) is 5.30. The Morgan fingerprint density at radius 2 is 2.05 bits per heavy atom. The molecular weight excluding hydrogens is 279 g/mol. The Morgan fingerprint density at radius 1 is 1.27 bits per heavy atom. The van der Waals surface area contributed by atoms with Crippen LogP contribution in [0.3, 0.4) is 0 Å². The van der Waals surface area contributed by atoms with Gasteiger partial charge in [-0.15, -0.1) is 0 Å². The molecule has 2 aliphatic heterocycles. The molecule has 0 radical (unpaired) electrons. The van der Waals surface area contributed by atoms with E-state index in [0.717, 1.165) is 44.0 Å². The first-order valence-corrected chi connectivity index (χ1v) is 8.30. The first-order chi connectivity index (χ1) is 10.5. The van der Waals surface area contributed by atoms with Crippen molar-refractivity contribution < 1.29 is 9.13 Å². The van der Waals surface area contributed by atoms with E-state index in [2.05, 4.69) is 17.1 Å². The Hall–Kier alpha value is -1.13. The van der Waals surface area contributed by atoms with Crippen molar-refractivity contribution in [2.24, 2.45) is 5.41 Å². The Labute approximate surface area is 132 Å².